The Hall–Kier alpha value is -3.51. The second-order valence-electron chi connectivity index (χ2n) is 5.93. The van der Waals surface area contributed by atoms with Gasteiger partial charge in [0.2, 0.25) is 0 Å². The molecule has 0 aliphatic heterocycles. The van der Waals surface area contributed by atoms with Crippen molar-refractivity contribution in [2.45, 2.75) is 6.10 Å². The van der Waals surface area contributed by atoms with Gasteiger partial charge in [-0.2, -0.15) is 0 Å². The number of aromatic carboxylic acids is 1. The van der Waals surface area contributed by atoms with Crippen LogP contribution in [0.25, 0.3) is 22.4 Å². The number of hydrogen-bond donors (Lipinski definition) is 3. The number of carboxylic acid groups (broad SMARTS) is 1. The molecule has 2 aromatic carbocycles. The van der Waals surface area contributed by atoms with Crippen LogP contribution in [-0.2, 0) is 0 Å². The molecular weight excluding hydrogens is 330 g/mol. The van der Waals surface area contributed by atoms with Crippen molar-refractivity contribution in [1.82, 2.24) is 15.0 Å². The van der Waals surface area contributed by atoms with Crippen molar-refractivity contribution in [3.8, 4) is 11.4 Å². The zero-order valence-corrected chi connectivity index (χ0v) is 13.6. The number of carboxylic acids is 1. The number of aromatic amines is 1. The number of rotatable bonds is 4. The van der Waals surface area contributed by atoms with Crippen molar-refractivity contribution >= 4 is 17.0 Å². The summed E-state index contributed by atoms with van der Waals surface area (Å²) in [4.78, 5) is 22.7. The van der Waals surface area contributed by atoms with Crippen molar-refractivity contribution in [1.29, 1.82) is 0 Å². The van der Waals surface area contributed by atoms with Crippen molar-refractivity contribution in [2.75, 3.05) is 0 Å². The van der Waals surface area contributed by atoms with Crippen molar-refractivity contribution in [2.24, 2.45) is 0 Å². The van der Waals surface area contributed by atoms with Crippen LogP contribution in [-0.4, -0.2) is 31.1 Å². The molecule has 2 aromatic heterocycles. The second kappa shape index (κ2) is 6.42. The van der Waals surface area contributed by atoms with Gasteiger partial charge in [-0.05, 0) is 41.5 Å². The van der Waals surface area contributed by atoms with E-state index >= 15 is 0 Å². The van der Waals surface area contributed by atoms with Gasteiger partial charge in [-0.3, -0.25) is 4.98 Å². The predicted molar refractivity (Wildman–Crippen MR) is 96.8 cm³/mol. The van der Waals surface area contributed by atoms with E-state index in [9.17, 15) is 9.90 Å². The minimum Gasteiger partial charge on any atom is -0.478 e. The average molecular weight is 345 g/mol. The topological polar surface area (TPSA) is 99.1 Å². The van der Waals surface area contributed by atoms with Gasteiger partial charge in [-0.25, -0.2) is 9.78 Å². The Morgan fingerprint density at radius 3 is 2.35 bits per heavy atom. The van der Waals surface area contributed by atoms with Crippen LogP contribution >= 0.6 is 0 Å². The van der Waals surface area contributed by atoms with Gasteiger partial charge in [0, 0.05) is 18.0 Å². The van der Waals surface area contributed by atoms with Gasteiger partial charge >= 0.3 is 5.97 Å². The van der Waals surface area contributed by atoms with E-state index in [0.717, 1.165) is 16.7 Å². The fraction of sp³-hybridized carbons (Fsp3) is 0.0500. The molecular formula is C20H15N3O3. The van der Waals surface area contributed by atoms with Crippen molar-refractivity contribution in [3.63, 3.8) is 0 Å². The molecule has 1 unspecified atom stereocenters. The summed E-state index contributed by atoms with van der Waals surface area (Å²) in [6, 6.07) is 15.8. The molecule has 128 valence electrons. The van der Waals surface area contributed by atoms with Gasteiger partial charge in [0.05, 0.1) is 16.6 Å². The maximum absolute atomic E-state index is 11.1. The molecule has 26 heavy (non-hydrogen) atoms. The normalized spacial score (nSPS) is 12.2. The first-order valence-corrected chi connectivity index (χ1v) is 8.03. The molecule has 2 heterocycles. The number of aliphatic hydroxyl groups excluding tert-OH is 1. The predicted octanol–water partition coefficient (Wildman–Crippen LogP) is 3.40. The SMILES string of the molecule is O=C(O)c1ccc2nc(-c3ccc(C(O)c4ccncc4)cc3)[nH]c2c1. The first-order chi connectivity index (χ1) is 12.6. The molecule has 0 spiro atoms. The Labute approximate surface area is 148 Å². The summed E-state index contributed by atoms with van der Waals surface area (Å²) < 4.78 is 0. The summed E-state index contributed by atoms with van der Waals surface area (Å²) in [5, 5.41) is 19.5. The molecule has 0 bridgehead atoms. The molecule has 0 aliphatic carbocycles. The number of aliphatic hydroxyl groups is 1. The summed E-state index contributed by atoms with van der Waals surface area (Å²) in [6.45, 7) is 0. The molecule has 0 saturated heterocycles. The maximum atomic E-state index is 11.1. The van der Waals surface area contributed by atoms with Crippen molar-refractivity contribution in [3.05, 3.63) is 83.7 Å². The van der Waals surface area contributed by atoms with E-state index in [0.29, 0.717) is 16.9 Å². The largest absolute Gasteiger partial charge is 0.478 e. The van der Waals surface area contributed by atoms with Crippen LogP contribution in [0, 0.1) is 0 Å². The first kappa shape index (κ1) is 16.0. The number of pyridine rings is 1. The molecule has 0 amide bonds. The molecule has 0 fully saturated rings. The zero-order chi connectivity index (χ0) is 18.1. The van der Waals surface area contributed by atoms with Gasteiger partial charge in [-0.15, -0.1) is 0 Å². The minimum atomic E-state index is -0.975. The second-order valence-corrected chi connectivity index (χ2v) is 5.93. The van der Waals surface area contributed by atoms with Crippen molar-refractivity contribution < 1.29 is 15.0 Å². The Morgan fingerprint density at radius 1 is 0.962 bits per heavy atom. The Kier molecular flexibility index (Phi) is 3.95. The highest BCUT2D eigenvalue weighted by molar-refractivity contribution is 5.93. The summed E-state index contributed by atoms with van der Waals surface area (Å²) in [6.07, 6.45) is 2.57. The molecule has 0 aliphatic rings. The molecule has 3 N–H and O–H groups in total. The van der Waals surface area contributed by atoms with Crippen LogP contribution in [0.3, 0.4) is 0 Å². The quantitative estimate of drug-likeness (QED) is 0.526. The summed E-state index contributed by atoms with van der Waals surface area (Å²) >= 11 is 0. The number of hydrogen-bond acceptors (Lipinski definition) is 4. The first-order valence-electron chi connectivity index (χ1n) is 8.03. The Bertz CT molecular complexity index is 1070. The van der Waals surface area contributed by atoms with Crippen LogP contribution in [0.2, 0.25) is 0 Å². The van der Waals surface area contributed by atoms with Crippen LogP contribution in [0.5, 0.6) is 0 Å². The van der Waals surface area contributed by atoms with Gasteiger partial charge < -0.3 is 15.2 Å². The summed E-state index contributed by atoms with van der Waals surface area (Å²) in [7, 11) is 0. The van der Waals surface area contributed by atoms with E-state index in [1.807, 2.05) is 24.3 Å². The molecule has 4 rings (SSSR count). The van der Waals surface area contributed by atoms with Gasteiger partial charge in [-0.1, -0.05) is 24.3 Å². The van der Waals surface area contributed by atoms with Crippen LogP contribution < -0.4 is 0 Å². The third-order valence-corrected chi connectivity index (χ3v) is 4.25. The van der Waals surface area contributed by atoms with E-state index in [-0.39, 0.29) is 5.56 Å². The highest BCUT2D eigenvalue weighted by Crippen LogP contribution is 2.25. The number of H-pyrrole nitrogens is 1. The third kappa shape index (κ3) is 2.94. The van der Waals surface area contributed by atoms with Gasteiger partial charge in [0.15, 0.2) is 0 Å². The highest BCUT2D eigenvalue weighted by Gasteiger charge is 2.12. The zero-order valence-electron chi connectivity index (χ0n) is 13.6. The molecule has 0 saturated carbocycles. The van der Waals surface area contributed by atoms with Crippen LogP contribution in [0.1, 0.15) is 27.6 Å². The number of carbonyl (C=O) groups is 1. The lowest BCUT2D eigenvalue weighted by Crippen LogP contribution is -1.99. The number of nitrogens with zero attached hydrogens (tertiary/aromatic N) is 2. The number of aromatic nitrogens is 3. The number of benzene rings is 2. The minimum absolute atomic E-state index is 0.212. The van der Waals surface area contributed by atoms with Gasteiger partial charge in [0.1, 0.15) is 11.9 Å². The molecule has 1 atom stereocenters. The monoisotopic (exact) mass is 345 g/mol. The summed E-state index contributed by atoms with van der Waals surface area (Å²) in [5.74, 6) is -0.329. The number of nitrogens with one attached hydrogen (secondary N) is 1. The smallest absolute Gasteiger partial charge is 0.335 e. The lowest BCUT2D eigenvalue weighted by Gasteiger charge is -2.11. The lowest BCUT2D eigenvalue weighted by atomic mass is 10.0. The standard InChI is InChI=1S/C20H15N3O3/c24-18(13-7-9-21-10-8-13)12-1-3-14(4-2-12)19-22-16-6-5-15(20(25)26)11-17(16)23-19/h1-11,18,24H,(H,22,23)(H,25,26). The highest BCUT2D eigenvalue weighted by atomic mass is 16.4. The van der Waals surface area contributed by atoms with E-state index in [1.54, 1.807) is 36.7 Å². The molecule has 0 radical (unpaired) electrons. The van der Waals surface area contributed by atoms with E-state index in [1.165, 1.54) is 6.07 Å². The Balaban J connectivity index is 1.64. The number of fused-ring (bicyclic) bond motifs is 1. The van der Waals surface area contributed by atoms with Crippen LogP contribution in [0.15, 0.2) is 67.0 Å². The molecule has 6 nitrogen and oxygen atoms in total. The maximum Gasteiger partial charge on any atom is 0.335 e. The molecule has 6 heteroatoms. The van der Waals surface area contributed by atoms with E-state index < -0.39 is 12.1 Å². The molecule has 4 aromatic rings. The van der Waals surface area contributed by atoms with E-state index in [2.05, 4.69) is 15.0 Å². The van der Waals surface area contributed by atoms with E-state index in [4.69, 9.17) is 5.11 Å². The number of imidazole rings is 1. The Morgan fingerprint density at radius 2 is 1.65 bits per heavy atom. The average Bonchev–Trinajstić information content (AvgIpc) is 3.11. The van der Waals surface area contributed by atoms with Gasteiger partial charge in [0.25, 0.3) is 0 Å². The fourth-order valence-corrected chi connectivity index (χ4v) is 2.84. The third-order valence-electron chi connectivity index (χ3n) is 4.25. The fourth-order valence-electron chi connectivity index (χ4n) is 2.84. The lowest BCUT2D eigenvalue weighted by molar-refractivity contribution is 0.0697. The van der Waals surface area contributed by atoms with Crippen LogP contribution in [0.4, 0.5) is 0 Å². The summed E-state index contributed by atoms with van der Waals surface area (Å²) in [5.41, 5.74) is 3.97.